The lowest BCUT2D eigenvalue weighted by Gasteiger charge is -2.16. The largest absolute Gasteiger partial charge is 0.301 e. The van der Waals surface area contributed by atoms with E-state index in [0.29, 0.717) is 0 Å². The second kappa shape index (κ2) is 4.78. The van der Waals surface area contributed by atoms with E-state index in [9.17, 15) is 8.42 Å². The smallest absolute Gasteiger partial charge is 0.278 e. The predicted octanol–water partition coefficient (Wildman–Crippen LogP) is 0.0625. The Morgan fingerprint density at radius 3 is 2.33 bits per heavy atom. The summed E-state index contributed by atoms with van der Waals surface area (Å²) in [6.07, 6.45) is 6.05. The Hall–Kier alpha value is -0.170. The average molecular weight is 233 g/mol. The van der Waals surface area contributed by atoms with Crippen LogP contribution in [0.1, 0.15) is 38.5 Å². The molecule has 2 rings (SSSR count). The predicted molar refractivity (Wildman–Crippen MR) is 58.5 cm³/mol. The Balaban J connectivity index is 1.82. The molecule has 0 spiro atoms. The van der Waals surface area contributed by atoms with Crippen LogP contribution in [0.5, 0.6) is 0 Å². The molecule has 0 aromatic carbocycles. The molecule has 0 bridgehead atoms. The minimum atomic E-state index is -3.31. The Kier molecular flexibility index (Phi) is 3.60. The van der Waals surface area contributed by atoms with Crippen molar-refractivity contribution in [3.05, 3.63) is 0 Å². The highest BCUT2D eigenvalue weighted by molar-refractivity contribution is 7.87. The number of hydrogen-bond acceptors (Lipinski definition) is 3. The quantitative estimate of drug-likeness (QED) is 0.643. The molecule has 1 unspecified atom stereocenters. The fraction of sp³-hybridized carbons (Fsp3) is 1.00. The molecule has 2 fully saturated rings. The lowest BCUT2D eigenvalue weighted by atomic mass is 10.3. The molecule has 3 N–H and O–H groups in total. The Bertz CT molecular complexity index is 268. The molecule has 1 atom stereocenters. The van der Waals surface area contributed by atoms with Gasteiger partial charge in [-0.15, -0.1) is 0 Å². The topological polar surface area (TPSA) is 70.2 Å². The van der Waals surface area contributed by atoms with Gasteiger partial charge in [-0.05, 0) is 32.2 Å². The van der Waals surface area contributed by atoms with Crippen molar-refractivity contribution >= 4 is 10.2 Å². The molecule has 1 aliphatic carbocycles. The SMILES string of the molecule is O=S(=O)(NC1CCCC1)NC1CCCN1. The third-order valence-corrected chi connectivity index (χ3v) is 4.27. The van der Waals surface area contributed by atoms with Crippen LogP contribution in [0.2, 0.25) is 0 Å². The van der Waals surface area contributed by atoms with Crippen molar-refractivity contribution in [2.45, 2.75) is 50.7 Å². The van der Waals surface area contributed by atoms with Gasteiger partial charge >= 0.3 is 0 Å². The van der Waals surface area contributed by atoms with Crippen LogP contribution in [-0.2, 0) is 10.2 Å². The van der Waals surface area contributed by atoms with Gasteiger partial charge in [-0.1, -0.05) is 12.8 Å². The third-order valence-electron chi connectivity index (χ3n) is 3.03. The van der Waals surface area contributed by atoms with Crippen LogP contribution >= 0.6 is 0 Å². The molecule has 88 valence electrons. The summed E-state index contributed by atoms with van der Waals surface area (Å²) in [6.45, 7) is 0.899. The van der Waals surface area contributed by atoms with Crippen molar-refractivity contribution in [2.24, 2.45) is 0 Å². The van der Waals surface area contributed by atoms with E-state index < -0.39 is 10.2 Å². The maximum Gasteiger partial charge on any atom is 0.278 e. The summed E-state index contributed by atoms with van der Waals surface area (Å²) in [5, 5.41) is 3.11. The van der Waals surface area contributed by atoms with Gasteiger partial charge in [0, 0.05) is 6.04 Å². The highest BCUT2D eigenvalue weighted by atomic mass is 32.2. The van der Waals surface area contributed by atoms with E-state index in [-0.39, 0.29) is 12.2 Å². The maximum absolute atomic E-state index is 11.7. The molecule has 0 aromatic heterocycles. The van der Waals surface area contributed by atoms with Crippen molar-refractivity contribution in [3.63, 3.8) is 0 Å². The van der Waals surface area contributed by atoms with Crippen molar-refractivity contribution < 1.29 is 8.42 Å². The van der Waals surface area contributed by atoms with Gasteiger partial charge in [0.15, 0.2) is 0 Å². The van der Waals surface area contributed by atoms with Crippen LogP contribution in [0.25, 0.3) is 0 Å². The summed E-state index contributed by atoms with van der Waals surface area (Å²) in [7, 11) is -3.31. The van der Waals surface area contributed by atoms with E-state index in [1.165, 1.54) is 0 Å². The summed E-state index contributed by atoms with van der Waals surface area (Å²) < 4.78 is 28.7. The van der Waals surface area contributed by atoms with Gasteiger partial charge in [-0.25, -0.2) is 0 Å². The Morgan fingerprint density at radius 1 is 1.00 bits per heavy atom. The fourth-order valence-electron chi connectivity index (χ4n) is 2.27. The van der Waals surface area contributed by atoms with Gasteiger partial charge in [0.1, 0.15) is 0 Å². The first-order valence-corrected chi connectivity index (χ1v) is 7.17. The van der Waals surface area contributed by atoms with E-state index in [1.807, 2.05) is 0 Å². The van der Waals surface area contributed by atoms with Crippen LogP contribution in [0, 0.1) is 0 Å². The Labute approximate surface area is 91.2 Å². The molecule has 1 heterocycles. The molecular formula is C9H19N3O2S. The monoisotopic (exact) mass is 233 g/mol. The zero-order chi connectivity index (χ0) is 10.7. The molecule has 2 aliphatic rings. The molecule has 1 saturated heterocycles. The minimum Gasteiger partial charge on any atom is -0.301 e. The zero-order valence-electron chi connectivity index (χ0n) is 8.83. The van der Waals surface area contributed by atoms with E-state index in [1.54, 1.807) is 0 Å². The zero-order valence-corrected chi connectivity index (χ0v) is 9.65. The van der Waals surface area contributed by atoms with E-state index in [2.05, 4.69) is 14.8 Å². The maximum atomic E-state index is 11.7. The molecule has 0 radical (unpaired) electrons. The highest BCUT2D eigenvalue weighted by Gasteiger charge is 2.24. The van der Waals surface area contributed by atoms with Crippen molar-refractivity contribution in [1.82, 2.24) is 14.8 Å². The van der Waals surface area contributed by atoms with Gasteiger partial charge in [0.2, 0.25) is 0 Å². The second-order valence-electron chi connectivity index (χ2n) is 4.37. The number of rotatable bonds is 4. The molecule has 1 aliphatic heterocycles. The van der Waals surface area contributed by atoms with E-state index in [0.717, 1.165) is 45.1 Å². The summed E-state index contributed by atoms with van der Waals surface area (Å²) in [5.74, 6) is 0. The minimum absolute atomic E-state index is 0.0797. The Morgan fingerprint density at radius 2 is 1.73 bits per heavy atom. The van der Waals surface area contributed by atoms with Gasteiger partial charge in [-0.2, -0.15) is 17.9 Å². The summed E-state index contributed by atoms with van der Waals surface area (Å²) >= 11 is 0. The van der Waals surface area contributed by atoms with Crippen molar-refractivity contribution in [2.75, 3.05) is 6.54 Å². The number of nitrogens with one attached hydrogen (secondary N) is 3. The van der Waals surface area contributed by atoms with E-state index in [4.69, 9.17) is 0 Å². The first-order chi connectivity index (χ1) is 7.16. The molecule has 0 amide bonds. The third kappa shape index (κ3) is 3.41. The van der Waals surface area contributed by atoms with Crippen LogP contribution in [0.4, 0.5) is 0 Å². The molecule has 6 heteroatoms. The first-order valence-electron chi connectivity index (χ1n) is 5.69. The summed E-state index contributed by atoms with van der Waals surface area (Å²) in [6, 6.07) is 0.143. The highest BCUT2D eigenvalue weighted by Crippen LogP contribution is 2.18. The standard InChI is InChI=1S/C9H19N3O2S/c13-15(14,11-8-4-1-2-5-8)12-9-6-3-7-10-9/h8-12H,1-7H2. The molecule has 1 saturated carbocycles. The van der Waals surface area contributed by atoms with E-state index >= 15 is 0 Å². The van der Waals surface area contributed by atoms with Gasteiger partial charge < -0.3 is 5.32 Å². The normalized spacial score (nSPS) is 28.7. The fourth-order valence-corrected chi connectivity index (χ4v) is 3.59. The summed E-state index contributed by atoms with van der Waals surface area (Å²) in [5.41, 5.74) is 0. The first kappa shape index (κ1) is 11.3. The van der Waals surface area contributed by atoms with Crippen LogP contribution in [0.3, 0.4) is 0 Å². The van der Waals surface area contributed by atoms with Gasteiger partial charge in [-0.3, -0.25) is 0 Å². The van der Waals surface area contributed by atoms with Gasteiger partial charge in [0.05, 0.1) is 6.17 Å². The van der Waals surface area contributed by atoms with Crippen LogP contribution in [0.15, 0.2) is 0 Å². The van der Waals surface area contributed by atoms with Crippen molar-refractivity contribution in [3.8, 4) is 0 Å². The lowest BCUT2D eigenvalue weighted by Crippen LogP contribution is -2.49. The lowest BCUT2D eigenvalue weighted by molar-refractivity contribution is 0.504. The van der Waals surface area contributed by atoms with Crippen molar-refractivity contribution in [1.29, 1.82) is 0 Å². The molecular weight excluding hydrogens is 214 g/mol. The molecule has 15 heavy (non-hydrogen) atoms. The average Bonchev–Trinajstić information content (AvgIpc) is 2.75. The van der Waals surface area contributed by atoms with Crippen LogP contribution < -0.4 is 14.8 Å². The molecule has 0 aromatic rings. The molecule has 5 nitrogen and oxygen atoms in total. The van der Waals surface area contributed by atoms with Gasteiger partial charge in [0.25, 0.3) is 10.2 Å². The summed E-state index contributed by atoms with van der Waals surface area (Å²) in [4.78, 5) is 0. The van der Waals surface area contributed by atoms with Crippen LogP contribution in [-0.4, -0.2) is 27.2 Å². The second-order valence-corrected chi connectivity index (χ2v) is 5.85. The number of hydrogen-bond donors (Lipinski definition) is 3.